The molecule has 0 fully saturated rings. The average molecular weight is 295 g/mol. The van der Waals surface area contributed by atoms with Crippen LogP contribution in [0, 0.1) is 5.92 Å². The van der Waals surface area contributed by atoms with Gasteiger partial charge in [0.25, 0.3) is 0 Å². The molecule has 1 aromatic carbocycles. The summed E-state index contributed by atoms with van der Waals surface area (Å²) < 4.78 is 5.42. The molecule has 0 N–H and O–H groups in total. The molecule has 1 aliphatic carbocycles. The van der Waals surface area contributed by atoms with E-state index >= 15 is 0 Å². The van der Waals surface area contributed by atoms with Gasteiger partial charge in [-0.15, -0.1) is 0 Å². The zero-order valence-corrected chi connectivity index (χ0v) is 13.3. The number of hydrogen-bond acceptors (Lipinski definition) is 3. The van der Waals surface area contributed by atoms with E-state index in [9.17, 15) is 4.79 Å². The maximum Gasteiger partial charge on any atom is 0.167 e. The summed E-state index contributed by atoms with van der Waals surface area (Å²) in [5, 5.41) is 0. The quantitative estimate of drug-likeness (QED) is 0.838. The first kappa shape index (κ1) is 14.8. The highest BCUT2D eigenvalue weighted by Crippen LogP contribution is 2.37. The third kappa shape index (κ3) is 2.41. The minimum Gasteiger partial charge on any atom is -0.496 e. The smallest absolute Gasteiger partial charge is 0.167 e. The zero-order chi connectivity index (χ0) is 15.7. The number of hydrogen-bond donors (Lipinski definition) is 0. The summed E-state index contributed by atoms with van der Waals surface area (Å²) in [6, 6.07) is 11.7. The molecule has 3 heteroatoms. The Balaban J connectivity index is 2.08. The Morgan fingerprint density at radius 2 is 1.95 bits per heavy atom. The van der Waals surface area contributed by atoms with Crippen LogP contribution in [0.5, 0.6) is 5.75 Å². The second-order valence-electron chi connectivity index (χ2n) is 5.94. The standard InChI is InChI=1S/C19H21NO2/c1-4-13-11-12(2)18-15(19(13)21)9-10-16(20-18)14-7-5-6-8-17(14)22-3/h5-10,12-13H,4,11H2,1-3H3/t12-,13-/m0/s1. The van der Waals surface area contributed by atoms with Crippen molar-refractivity contribution in [2.45, 2.75) is 32.6 Å². The zero-order valence-electron chi connectivity index (χ0n) is 13.3. The van der Waals surface area contributed by atoms with Gasteiger partial charge in [-0.25, -0.2) is 0 Å². The third-order valence-corrected chi connectivity index (χ3v) is 4.54. The Labute approximate surface area is 131 Å². The number of fused-ring (bicyclic) bond motifs is 1. The van der Waals surface area contributed by atoms with E-state index in [4.69, 9.17) is 9.72 Å². The lowest BCUT2D eigenvalue weighted by Gasteiger charge is -2.27. The summed E-state index contributed by atoms with van der Waals surface area (Å²) >= 11 is 0. The van der Waals surface area contributed by atoms with E-state index in [-0.39, 0.29) is 11.7 Å². The Kier molecular flexibility index (Phi) is 3.97. The second-order valence-corrected chi connectivity index (χ2v) is 5.94. The lowest BCUT2D eigenvalue weighted by Crippen LogP contribution is -2.25. The van der Waals surface area contributed by atoms with Crippen LogP contribution < -0.4 is 4.74 Å². The maximum absolute atomic E-state index is 12.5. The normalized spacial score (nSPS) is 20.6. The highest BCUT2D eigenvalue weighted by atomic mass is 16.5. The molecular formula is C19H21NO2. The Hall–Kier alpha value is -2.16. The molecule has 0 radical (unpaired) electrons. The number of carbonyl (C=O) groups is 1. The molecule has 0 unspecified atom stereocenters. The topological polar surface area (TPSA) is 39.2 Å². The Morgan fingerprint density at radius 3 is 2.68 bits per heavy atom. The molecule has 0 amide bonds. The number of pyridine rings is 1. The number of Topliss-reactive ketones (excluding diaryl/α,β-unsaturated/α-hetero) is 1. The van der Waals surface area contributed by atoms with Crippen LogP contribution in [0.4, 0.5) is 0 Å². The number of para-hydroxylation sites is 1. The van der Waals surface area contributed by atoms with Crippen LogP contribution in [-0.4, -0.2) is 17.9 Å². The van der Waals surface area contributed by atoms with Crippen LogP contribution in [0.2, 0.25) is 0 Å². The number of ketones is 1. The molecule has 2 atom stereocenters. The molecule has 3 nitrogen and oxygen atoms in total. The van der Waals surface area contributed by atoms with Gasteiger partial charge in [0.1, 0.15) is 5.75 Å². The first-order valence-corrected chi connectivity index (χ1v) is 7.84. The molecule has 3 rings (SSSR count). The number of benzene rings is 1. The van der Waals surface area contributed by atoms with Crippen LogP contribution in [0.1, 0.15) is 48.7 Å². The van der Waals surface area contributed by atoms with Crippen molar-refractivity contribution < 1.29 is 9.53 Å². The largest absolute Gasteiger partial charge is 0.496 e. The molecule has 22 heavy (non-hydrogen) atoms. The summed E-state index contributed by atoms with van der Waals surface area (Å²) in [6.07, 6.45) is 1.79. The fourth-order valence-electron chi connectivity index (χ4n) is 3.28. The fraction of sp³-hybridized carbons (Fsp3) is 0.368. The van der Waals surface area contributed by atoms with Crippen molar-refractivity contribution >= 4 is 5.78 Å². The van der Waals surface area contributed by atoms with Crippen molar-refractivity contribution in [1.29, 1.82) is 0 Å². The molecule has 2 aromatic rings. The van der Waals surface area contributed by atoms with Gasteiger partial charge in [-0.3, -0.25) is 9.78 Å². The van der Waals surface area contributed by atoms with Crippen molar-refractivity contribution in [1.82, 2.24) is 4.98 Å². The van der Waals surface area contributed by atoms with Crippen molar-refractivity contribution in [3.8, 4) is 17.0 Å². The summed E-state index contributed by atoms with van der Waals surface area (Å²) in [6.45, 7) is 4.24. The highest BCUT2D eigenvalue weighted by molar-refractivity contribution is 6.00. The van der Waals surface area contributed by atoms with Crippen LogP contribution >= 0.6 is 0 Å². The summed E-state index contributed by atoms with van der Waals surface area (Å²) in [5.41, 5.74) is 3.55. The van der Waals surface area contributed by atoms with E-state index in [0.29, 0.717) is 5.92 Å². The predicted octanol–water partition coefficient (Wildman–Crippen LogP) is 4.47. The predicted molar refractivity (Wildman–Crippen MR) is 87.4 cm³/mol. The lowest BCUT2D eigenvalue weighted by atomic mass is 9.78. The van der Waals surface area contributed by atoms with Gasteiger partial charge in [0.15, 0.2) is 5.78 Å². The van der Waals surface area contributed by atoms with Crippen molar-refractivity contribution in [3.63, 3.8) is 0 Å². The van der Waals surface area contributed by atoms with Gasteiger partial charge >= 0.3 is 0 Å². The van der Waals surface area contributed by atoms with Gasteiger partial charge in [-0.1, -0.05) is 26.0 Å². The third-order valence-electron chi connectivity index (χ3n) is 4.54. The highest BCUT2D eigenvalue weighted by Gasteiger charge is 2.31. The molecule has 0 saturated carbocycles. The van der Waals surface area contributed by atoms with Gasteiger partial charge in [-0.05, 0) is 43.0 Å². The minimum atomic E-state index is 0.140. The van der Waals surface area contributed by atoms with Crippen LogP contribution in [0.25, 0.3) is 11.3 Å². The van der Waals surface area contributed by atoms with E-state index in [0.717, 1.165) is 41.1 Å². The van der Waals surface area contributed by atoms with Gasteiger partial charge in [0.05, 0.1) is 18.5 Å². The molecule has 0 spiro atoms. The summed E-state index contributed by atoms with van der Waals surface area (Å²) in [5.74, 6) is 1.50. The van der Waals surface area contributed by atoms with Crippen molar-refractivity contribution in [3.05, 3.63) is 47.7 Å². The van der Waals surface area contributed by atoms with E-state index in [2.05, 4.69) is 13.8 Å². The number of nitrogens with zero attached hydrogens (tertiary/aromatic N) is 1. The monoisotopic (exact) mass is 295 g/mol. The van der Waals surface area contributed by atoms with Crippen LogP contribution in [0.15, 0.2) is 36.4 Å². The van der Waals surface area contributed by atoms with E-state index < -0.39 is 0 Å². The average Bonchev–Trinajstić information content (AvgIpc) is 2.57. The van der Waals surface area contributed by atoms with Gasteiger partial charge < -0.3 is 4.74 Å². The van der Waals surface area contributed by atoms with Gasteiger partial charge in [0, 0.05) is 17.0 Å². The SMILES string of the molecule is CC[C@H]1C[C@H](C)c2nc(-c3ccccc3OC)ccc2C1=O. The second kappa shape index (κ2) is 5.91. The number of methoxy groups -OCH3 is 1. The minimum absolute atomic E-state index is 0.140. The number of rotatable bonds is 3. The maximum atomic E-state index is 12.5. The first-order valence-electron chi connectivity index (χ1n) is 7.84. The summed E-state index contributed by atoms with van der Waals surface area (Å²) in [7, 11) is 1.66. The molecule has 0 saturated heterocycles. The molecule has 1 aromatic heterocycles. The van der Waals surface area contributed by atoms with E-state index in [1.54, 1.807) is 7.11 Å². The lowest BCUT2D eigenvalue weighted by molar-refractivity contribution is 0.0889. The van der Waals surface area contributed by atoms with Crippen molar-refractivity contribution in [2.75, 3.05) is 7.11 Å². The number of carbonyl (C=O) groups excluding carboxylic acids is 1. The van der Waals surface area contributed by atoms with Crippen LogP contribution in [0.3, 0.4) is 0 Å². The first-order chi connectivity index (χ1) is 10.7. The Morgan fingerprint density at radius 1 is 1.18 bits per heavy atom. The fourth-order valence-corrected chi connectivity index (χ4v) is 3.28. The molecule has 114 valence electrons. The molecule has 0 aliphatic heterocycles. The number of aromatic nitrogens is 1. The molecule has 1 aliphatic rings. The molecule has 1 heterocycles. The summed E-state index contributed by atoms with van der Waals surface area (Å²) in [4.78, 5) is 17.3. The molecular weight excluding hydrogens is 274 g/mol. The molecule has 0 bridgehead atoms. The van der Waals surface area contributed by atoms with E-state index in [1.807, 2.05) is 36.4 Å². The Bertz CT molecular complexity index is 708. The van der Waals surface area contributed by atoms with E-state index in [1.165, 1.54) is 0 Å². The van der Waals surface area contributed by atoms with Gasteiger partial charge in [-0.2, -0.15) is 0 Å². The number of ether oxygens (including phenoxy) is 1. The van der Waals surface area contributed by atoms with Crippen LogP contribution in [-0.2, 0) is 0 Å². The van der Waals surface area contributed by atoms with Gasteiger partial charge in [0.2, 0.25) is 0 Å². The van der Waals surface area contributed by atoms with Crippen molar-refractivity contribution in [2.24, 2.45) is 5.92 Å².